The van der Waals surface area contributed by atoms with Crippen LogP contribution in [-0.2, 0) is 0 Å². The van der Waals surface area contributed by atoms with Crippen LogP contribution in [0.4, 0.5) is 5.69 Å². The molecule has 0 bridgehead atoms. The second-order valence-corrected chi connectivity index (χ2v) is 4.68. The standard InChI is InChI=1S/C11H15BrClNO2/c1-7-3-9(12)11(10(4-7)16-2)14-6-8(15)5-13/h3-4,8,14-15H,5-6H2,1-2H3. The number of ether oxygens (including phenoxy) is 1. The van der Waals surface area contributed by atoms with Crippen LogP contribution in [0.1, 0.15) is 5.56 Å². The van der Waals surface area contributed by atoms with Crippen molar-refractivity contribution in [3.8, 4) is 5.75 Å². The van der Waals surface area contributed by atoms with Crippen LogP contribution in [0.5, 0.6) is 5.75 Å². The fourth-order valence-electron chi connectivity index (χ4n) is 1.32. The van der Waals surface area contributed by atoms with Gasteiger partial charge in [0, 0.05) is 11.0 Å². The summed E-state index contributed by atoms with van der Waals surface area (Å²) in [6.07, 6.45) is -0.570. The maximum absolute atomic E-state index is 9.38. The number of halogens is 2. The highest BCUT2D eigenvalue weighted by atomic mass is 79.9. The van der Waals surface area contributed by atoms with Crippen LogP contribution in [0.3, 0.4) is 0 Å². The normalized spacial score (nSPS) is 12.3. The molecule has 0 fully saturated rings. The number of rotatable bonds is 5. The summed E-state index contributed by atoms with van der Waals surface area (Å²) in [5.74, 6) is 0.951. The van der Waals surface area contributed by atoms with E-state index in [4.69, 9.17) is 16.3 Å². The Kier molecular flexibility index (Phi) is 5.38. The van der Waals surface area contributed by atoms with Gasteiger partial charge in [-0.3, -0.25) is 0 Å². The lowest BCUT2D eigenvalue weighted by Gasteiger charge is -2.15. The van der Waals surface area contributed by atoms with Gasteiger partial charge in [0.15, 0.2) is 0 Å². The topological polar surface area (TPSA) is 41.5 Å². The van der Waals surface area contributed by atoms with Crippen molar-refractivity contribution in [1.29, 1.82) is 0 Å². The first-order valence-electron chi connectivity index (χ1n) is 4.90. The second-order valence-electron chi connectivity index (χ2n) is 3.51. The summed E-state index contributed by atoms with van der Waals surface area (Å²) >= 11 is 8.98. The molecule has 0 saturated carbocycles. The predicted octanol–water partition coefficient (Wildman–Crippen LogP) is 2.78. The summed E-state index contributed by atoms with van der Waals surface area (Å²) in [4.78, 5) is 0. The van der Waals surface area contributed by atoms with E-state index in [1.807, 2.05) is 19.1 Å². The predicted molar refractivity (Wildman–Crippen MR) is 70.6 cm³/mol. The molecule has 5 heteroatoms. The molecular formula is C11H15BrClNO2. The number of aliphatic hydroxyl groups is 1. The van der Waals surface area contributed by atoms with E-state index in [-0.39, 0.29) is 5.88 Å². The molecule has 16 heavy (non-hydrogen) atoms. The van der Waals surface area contributed by atoms with Crippen molar-refractivity contribution in [3.63, 3.8) is 0 Å². The van der Waals surface area contributed by atoms with Crippen molar-refractivity contribution in [2.75, 3.05) is 24.9 Å². The first kappa shape index (κ1) is 13.6. The molecule has 2 N–H and O–H groups in total. The van der Waals surface area contributed by atoms with E-state index in [0.717, 1.165) is 21.5 Å². The molecule has 3 nitrogen and oxygen atoms in total. The number of hydrogen-bond donors (Lipinski definition) is 2. The van der Waals surface area contributed by atoms with E-state index in [9.17, 15) is 5.11 Å². The molecule has 0 aliphatic rings. The third-order valence-corrected chi connectivity index (χ3v) is 3.09. The summed E-state index contributed by atoms with van der Waals surface area (Å²) in [7, 11) is 1.62. The largest absolute Gasteiger partial charge is 0.495 e. The highest BCUT2D eigenvalue weighted by molar-refractivity contribution is 9.10. The molecule has 0 radical (unpaired) electrons. The monoisotopic (exact) mass is 307 g/mol. The van der Waals surface area contributed by atoms with Crippen LogP contribution in [0.25, 0.3) is 0 Å². The van der Waals surface area contributed by atoms with Crippen molar-refractivity contribution in [2.45, 2.75) is 13.0 Å². The van der Waals surface area contributed by atoms with Crippen LogP contribution in [0, 0.1) is 6.92 Å². The number of nitrogens with one attached hydrogen (secondary N) is 1. The van der Waals surface area contributed by atoms with E-state index in [1.54, 1.807) is 7.11 Å². The minimum atomic E-state index is -0.570. The number of benzene rings is 1. The molecule has 90 valence electrons. The Bertz CT molecular complexity index is 360. The van der Waals surface area contributed by atoms with E-state index in [0.29, 0.717) is 6.54 Å². The molecule has 0 aliphatic carbocycles. The summed E-state index contributed by atoms with van der Waals surface area (Å²) in [6, 6.07) is 3.91. The molecule has 0 aliphatic heterocycles. The first-order chi connectivity index (χ1) is 7.58. The van der Waals surface area contributed by atoms with Crippen LogP contribution in [0.2, 0.25) is 0 Å². The third-order valence-electron chi connectivity index (χ3n) is 2.11. The molecule has 1 aromatic carbocycles. The van der Waals surface area contributed by atoms with Crippen LogP contribution in [-0.4, -0.2) is 30.7 Å². The van der Waals surface area contributed by atoms with Crippen molar-refractivity contribution < 1.29 is 9.84 Å². The van der Waals surface area contributed by atoms with Gasteiger partial charge in [0.05, 0.1) is 24.8 Å². The second kappa shape index (κ2) is 6.33. The van der Waals surface area contributed by atoms with E-state index in [1.165, 1.54) is 0 Å². The molecule has 1 rings (SSSR count). The molecule has 0 amide bonds. The summed E-state index contributed by atoms with van der Waals surface area (Å²) in [5, 5.41) is 12.5. The van der Waals surface area contributed by atoms with Gasteiger partial charge in [-0.05, 0) is 40.5 Å². The minimum Gasteiger partial charge on any atom is -0.495 e. The molecule has 0 saturated heterocycles. The van der Waals surface area contributed by atoms with Gasteiger partial charge < -0.3 is 15.2 Å². The highest BCUT2D eigenvalue weighted by Crippen LogP contribution is 2.33. The maximum Gasteiger partial charge on any atom is 0.143 e. The third kappa shape index (κ3) is 3.54. The van der Waals surface area contributed by atoms with Gasteiger partial charge in [0.25, 0.3) is 0 Å². The average molecular weight is 309 g/mol. The molecular weight excluding hydrogens is 293 g/mol. The van der Waals surface area contributed by atoms with Gasteiger partial charge in [-0.1, -0.05) is 0 Å². The van der Waals surface area contributed by atoms with Gasteiger partial charge in [0.2, 0.25) is 0 Å². The van der Waals surface area contributed by atoms with Crippen LogP contribution < -0.4 is 10.1 Å². The quantitative estimate of drug-likeness (QED) is 0.822. The number of aryl methyl sites for hydroxylation is 1. The number of alkyl halides is 1. The lowest BCUT2D eigenvalue weighted by atomic mass is 10.2. The van der Waals surface area contributed by atoms with Gasteiger partial charge >= 0.3 is 0 Å². The average Bonchev–Trinajstić information content (AvgIpc) is 2.26. The van der Waals surface area contributed by atoms with Crippen LogP contribution in [0.15, 0.2) is 16.6 Å². The van der Waals surface area contributed by atoms with Crippen molar-refractivity contribution in [3.05, 3.63) is 22.2 Å². The number of anilines is 1. The fourth-order valence-corrected chi connectivity index (χ4v) is 2.12. The van der Waals surface area contributed by atoms with E-state index in [2.05, 4.69) is 21.2 Å². The lowest BCUT2D eigenvalue weighted by Crippen LogP contribution is -2.21. The summed E-state index contributed by atoms with van der Waals surface area (Å²) < 4.78 is 6.17. The van der Waals surface area contributed by atoms with Gasteiger partial charge in [0.1, 0.15) is 5.75 Å². The zero-order valence-corrected chi connectivity index (χ0v) is 11.6. The van der Waals surface area contributed by atoms with Crippen molar-refractivity contribution in [1.82, 2.24) is 0 Å². The van der Waals surface area contributed by atoms with Crippen molar-refractivity contribution in [2.24, 2.45) is 0 Å². The summed E-state index contributed by atoms with van der Waals surface area (Å²) in [6.45, 7) is 2.38. The Morgan fingerprint density at radius 2 is 2.25 bits per heavy atom. The molecule has 1 unspecified atom stereocenters. The molecule has 1 atom stereocenters. The molecule has 0 spiro atoms. The van der Waals surface area contributed by atoms with Gasteiger partial charge in [-0.25, -0.2) is 0 Å². The van der Waals surface area contributed by atoms with E-state index < -0.39 is 6.10 Å². The maximum atomic E-state index is 9.38. The van der Waals surface area contributed by atoms with Gasteiger partial charge in [-0.2, -0.15) is 0 Å². The smallest absolute Gasteiger partial charge is 0.143 e. The zero-order chi connectivity index (χ0) is 12.1. The van der Waals surface area contributed by atoms with Gasteiger partial charge in [-0.15, -0.1) is 11.6 Å². The molecule has 0 heterocycles. The fraction of sp³-hybridized carbons (Fsp3) is 0.455. The Morgan fingerprint density at radius 3 is 2.81 bits per heavy atom. The Labute approximate surface area is 109 Å². The first-order valence-corrected chi connectivity index (χ1v) is 6.23. The van der Waals surface area contributed by atoms with Crippen molar-refractivity contribution >= 4 is 33.2 Å². The van der Waals surface area contributed by atoms with E-state index >= 15 is 0 Å². The Morgan fingerprint density at radius 1 is 1.56 bits per heavy atom. The van der Waals surface area contributed by atoms with Crippen LogP contribution >= 0.6 is 27.5 Å². The molecule has 0 aromatic heterocycles. The molecule has 1 aromatic rings. The number of aliphatic hydroxyl groups excluding tert-OH is 1. The number of hydrogen-bond acceptors (Lipinski definition) is 3. The Hall–Kier alpha value is -0.450. The number of methoxy groups -OCH3 is 1. The summed E-state index contributed by atoms with van der Waals surface area (Å²) in [5.41, 5.74) is 1.93. The zero-order valence-electron chi connectivity index (χ0n) is 9.26. The highest BCUT2D eigenvalue weighted by Gasteiger charge is 2.10. The lowest BCUT2D eigenvalue weighted by molar-refractivity contribution is 0.211. The Balaban J connectivity index is 2.85. The minimum absolute atomic E-state index is 0.207. The SMILES string of the molecule is COc1cc(C)cc(Br)c1NCC(O)CCl.